The van der Waals surface area contributed by atoms with E-state index in [1.807, 2.05) is 0 Å². The lowest BCUT2D eigenvalue weighted by Gasteiger charge is -2.09. The number of aldehydes is 3. The van der Waals surface area contributed by atoms with Gasteiger partial charge in [-0.25, -0.2) is 0 Å². The summed E-state index contributed by atoms with van der Waals surface area (Å²) in [6.07, 6.45) is 1.43. The summed E-state index contributed by atoms with van der Waals surface area (Å²) < 4.78 is 5.48. The van der Waals surface area contributed by atoms with Crippen LogP contribution in [0.4, 0.5) is 0 Å². The molecule has 5 heteroatoms. The Balaban J connectivity index is 2.48. The lowest BCUT2D eigenvalue weighted by Crippen LogP contribution is -2.11. The maximum Gasteiger partial charge on any atom is 0.201 e. The molecule has 0 atom stereocenters. The van der Waals surface area contributed by atoms with E-state index < -0.39 is 5.43 Å². The van der Waals surface area contributed by atoms with Gasteiger partial charge in [0.2, 0.25) is 5.43 Å². The van der Waals surface area contributed by atoms with Crippen molar-refractivity contribution in [1.29, 1.82) is 0 Å². The molecule has 1 heterocycles. The Morgan fingerprint density at radius 2 is 1.61 bits per heavy atom. The fraction of sp³-hybridized carbons (Fsp3) is 0. The molecule has 0 aliphatic carbocycles. The van der Waals surface area contributed by atoms with Gasteiger partial charge in [-0.05, 0) is 12.1 Å². The molecule has 0 bridgehead atoms. The first-order valence-electron chi connectivity index (χ1n) is 6.76. The highest BCUT2D eigenvalue weighted by atomic mass is 16.3. The smallest absolute Gasteiger partial charge is 0.201 e. The Kier molecular flexibility index (Phi) is 3.68. The van der Waals surface area contributed by atoms with Crippen molar-refractivity contribution in [2.75, 3.05) is 0 Å². The van der Waals surface area contributed by atoms with Crippen molar-refractivity contribution in [2.45, 2.75) is 0 Å². The fourth-order valence-corrected chi connectivity index (χ4v) is 2.53. The first-order chi connectivity index (χ1) is 11.2. The van der Waals surface area contributed by atoms with E-state index in [0.717, 1.165) is 0 Å². The van der Waals surface area contributed by atoms with Crippen LogP contribution in [0.1, 0.15) is 31.3 Å². The van der Waals surface area contributed by atoms with Crippen LogP contribution in [0.2, 0.25) is 0 Å². The van der Waals surface area contributed by atoms with E-state index in [4.69, 9.17) is 4.42 Å². The van der Waals surface area contributed by atoms with Crippen LogP contribution >= 0.6 is 0 Å². The zero-order chi connectivity index (χ0) is 16.4. The summed E-state index contributed by atoms with van der Waals surface area (Å²) in [5, 5.41) is 0.293. The third kappa shape index (κ3) is 2.28. The number of benzene rings is 2. The van der Waals surface area contributed by atoms with Gasteiger partial charge in [0.15, 0.2) is 24.6 Å². The van der Waals surface area contributed by atoms with Crippen LogP contribution in [0.15, 0.2) is 51.7 Å². The summed E-state index contributed by atoms with van der Waals surface area (Å²) in [5.74, 6) is -0.181. The van der Waals surface area contributed by atoms with Crippen molar-refractivity contribution in [2.24, 2.45) is 0 Å². The second kappa shape index (κ2) is 5.81. The summed E-state index contributed by atoms with van der Waals surface area (Å²) in [4.78, 5) is 46.6. The molecule has 0 saturated heterocycles. The summed E-state index contributed by atoms with van der Waals surface area (Å²) in [5.41, 5.74) is 0.216. The van der Waals surface area contributed by atoms with Gasteiger partial charge in [0, 0.05) is 16.7 Å². The van der Waals surface area contributed by atoms with E-state index in [9.17, 15) is 19.2 Å². The standard InChI is InChI=1S/C18H10O5/c19-8-11-4-3-6-12(14(11)9-20)17-16(10-21)23-15-7-2-1-5-13(15)18(17)22/h1-10H. The SMILES string of the molecule is O=Cc1cccc(-c2c(C=O)oc3ccccc3c2=O)c1C=O. The Bertz CT molecular complexity index is 998. The molecule has 0 amide bonds. The molecule has 0 aliphatic heterocycles. The molecule has 0 unspecified atom stereocenters. The lowest BCUT2D eigenvalue weighted by atomic mass is 9.95. The average Bonchev–Trinajstić information content (AvgIpc) is 2.60. The van der Waals surface area contributed by atoms with Gasteiger partial charge >= 0.3 is 0 Å². The summed E-state index contributed by atoms with van der Waals surface area (Å²) in [6.45, 7) is 0. The Hall–Kier alpha value is -3.34. The summed E-state index contributed by atoms with van der Waals surface area (Å²) in [7, 11) is 0. The van der Waals surface area contributed by atoms with Crippen LogP contribution in [-0.2, 0) is 0 Å². The largest absolute Gasteiger partial charge is 0.452 e. The predicted molar refractivity (Wildman–Crippen MR) is 84.1 cm³/mol. The molecule has 23 heavy (non-hydrogen) atoms. The van der Waals surface area contributed by atoms with Gasteiger partial charge in [0.05, 0.1) is 10.9 Å². The monoisotopic (exact) mass is 306 g/mol. The highest BCUT2D eigenvalue weighted by molar-refractivity contribution is 6.01. The van der Waals surface area contributed by atoms with E-state index in [0.29, 0.717) is 24.2 Å². The molecule has 3 aromatic rings. The van der Waals surface area contributed by atoms with Gasteiger partial charge in [0.1, 0.15) is 5.58 Å². The number of carbonyl (C=O) groups excluding carboxylic acids is 3. The maximum absolute atomic E-state index is 12.8. The first kappa shape index (κ1) is 14.6. The number of carbonyl (C=O) groups is 3. The Labute approximate surface area is 130 Å². The van der Waals surface area contributed by atoms with E-state index in [1.165, 1.54) is 18.2 Å². The minimum absolute atomic E-state index is 0.0236. The van der Waals surface area contributed by atoms with Crippen molar-refractivity contribution >= 4 is 29.8 Å². The molecule has 0 spiro atoms. The van der Waals surface area contributed by atoms with Crippen molar-refractivity contribution in [3.05, 3.63) is 69.6 Å². The van der Waals surface area contributed by atoms with E-state index in [2.05, 4.69) is 0 Å². The van der Waals surface area contributed by atoms with Crippen LogP contribution in [0.3, 0.4) is 0 Å². The van der Waals surface area contributed by atoms with Gasteiger partial charge in [-0.2, -0.15) is 0 Å². The summed E-state index contributed by atoms with van der Waals surface area (Å²) >= 11 is 0. The molecule has 0 radical (unpaired) electrons. The normalized spacial score (nSPS) is 10.4. The van der Waals surface area contributed by atoms with Gasteiger partial charge in [0.25, 0.3) is 0 Å². The highest BCUT2D eigenvalue weighted by Crippen LogP contribution is 2.27. The molecule has 5 nitrogen and oxygen atoms in total. The molecule has 0 N–H and O–H groups in total. The van der Waals surface area contributed by atoms with E-state index in [-0.39, 0.29) is 33.6 Å². The minimum Gasteiger partial charge on any atom is -0.452 e. The van der Waals surface area contributed by atoms with Crippen LogP contribution in [0.25, 0.3) is 22.1 Å². The van der Waals surface area contributed by atoms with Crippen LogP contribution in [-0.4, -0.2) is 18.9 Å². The quantitative estimate of drug-likeness (QED) is 0.692. The van der Waals surface area contributed by atoms with Crippen LogP contribution in [0.5, 0.6) is 0 Å². The minimum atomic E-state index is -0.430. The zero-order valence-electron chi connectivity index (χ0n) is 11.8. The highest BCUT2D eigenvalue weighted by Gasteiger charge is 2.19. The number of para-hydroxylation sites is 1. The van der Waals surface area contributed by atoms with Crippen molar-refractivity contribution in [1.82, 2.24) is 0 Å². The molecule has 0 saturated carbocycles. The van der Waals surface area contributed by atoms with E-state index in [1.54, 1.807) is 24.3 Å². The van der Waals surface area contributed by atoms with Crippen LogP contribution in [0, 0.1) is 0 Å². The van der Waals surface area contributed by atoms with Crippen molar-refractivity contribution in [3.63, 3.8) is 0 Å². The number of hydrogen-bond acceptors (Lipinski definition) is 5. The predicted octanol–water partition coefficient (Wildman–Crippen LogP) is 2.90. The van der Waals surface area contributed by atoms with Gasteiger partial charge in [-0.3, -0.25) is 19.2 Å². The molecule has 0 aliphatic rings. The number of hydrogen-bond donors (Lipinski definition) is 0. The number of rotatable bonds is 4. The molecule has 112 valence electrons. The maximum atomic E-state index is 12.8. The zero-order valence-corrected chi connectivity index (χ0v) is 11.8. The Morgan fingerprint density at radius 1 is 0.826 bits per heavy atom. The van der Waals surface area contributed by atoms with Crippen molar-refractivity contribution in [3.8, 4) is 11.1 Å². The molecular formula is C18H10O5. The fourth-order valence-electron chi connectivity index (χ4n) is 2.53. The van der Waals surface area contributed by atoms with Gasteiger partial charge in [-0.15, -0.1) is 0 Å². The van der Waals surface area contributed by atoms with E-state index >= 15 is 0 Å². The van der Waals surface area contributed by atoms with Gasteiger partial charge < -0.3 is 4.42 Å². The second-order valence-corrected chi connectivity index (χ2v) is 4.83. The van der Waals surface area contributed by atoms with Crippen LogP contribution < -0.4 is 5.43 Å². The molecule has 0 fully saturated rings. The molecule has 1 aromatic heterocycles. The third-order valence-corrected chi connectivity index (χ3v) is 3.59. The molecule has 3 rings (SSSR count). The first-order valence-corrected chi connectivity index (χ1v) is 6.76. The Morgan fingerprint density at radius 3 is 2.30 bits per heavy atom. The molecular weight excluding hydrogens is 296 g/mol. The summed E-state index contributed by atoms with van der Waals surface area (Å²) in [6, 6.07) is 11.0. The second-order valence-electron chi connectivity index (χ2n) is 4.83. The van der Waals surface area contributed by atoms with Crippen molar-refractivity contribution < 1.29 is 18.8 Å². The topological polar surface area (TPSA) is 81.4 Å². The average molecular weight is 306 g/mol. The third-order valence-electron chi connectivity index (χ3n) is 3.59. The van der Waals surface area contributed by atoms with Gasteiger partial charge in [-0.1, -0.05) is 30.3 Å². The molecule has 2 aromatic carbocycles. The lowest BCUT2D eigenvalue weighted by molar-refractivity contribution is 0.109. The number of fused-ring (bicyclic) bond motifs is 1.